The first-order valence-electron chi connectivity index (χ1n) is 33.9. The van der Waals surface area contributed by atoms with Gasteiger partial charge >= 0.3 is 11.9 Å². The van der Waals surface area contributed by atoms with Gasteiger partial charge in [0.05, 0.1) is 59.8 Å². The maximum Gasteiger partial charge on any atom is 0.305 e. The highest BCUT2D eigenvalue weighted by Gasteiger charge is 2.34. The van der Waals surface area contributed by atoms with E-state index in [2.05, 4.69) is 62.0 Å². The van der Waals surface area contributed by atoms with Crippen molar-refractivity contribution in [2.45, 2.75) is 126 Å². The second-order valence-corrected chi connectivity index (χ2v) is 26.8. The Morgan fingerprint density at radius 1 is 0.631 bits per heavy atom. The number of amides is 7. The van der Waals surface area contributed by atoms with Gasteiger partial charge < -0.3 is 66.4 Å². The zero-order chi connectivity index (χ0) is 73.2. The van der Waals surface area contributed by atoms with Gasteiger partial charge in [0.25, 0.3) is 27.8 Å². The van der Waals surface area contributed by atoms with E-state index >= 15 is 0 Å². The summed E-state index contributed by atoms with van der Waals surface area (Å²) < 4.78 is 33.3. The topological polar surface area (TPSA) is 416 Å². The molecule has 3 aromatic heterocycles. The van der Waals surface area contributed by atoms with E-state index in [1.165, 1.54) is 52.5 Å². The lowest BCUT2D eigenvalue weighted by Gasteiger charge is -2.24. The van der Waals surface area contributed by atoms with Crippen LogP contribution in [0, 0.1) is 0 Å². The Hall–Kier alpha value is -11.6. The SMILES string of the molecule is CN(Cc1nc2ccccc2[nH]1)C(=O)c1ccc2c(c1)CN(CCCCCCNC(=O)CCC(NC(=O)c1ccc(N/N=C/c3ccccc3S(=O)(=O)O)nc1)C(=O)NCCCCCCN1Cc3cc(C(=O)N(C)Cc4nc5ccccc5[nH]4)ccc3NC(CC(=O)O)C1=O)C(=O)C(CC(=O)O)N2. The maximum absolute atomic E-state index is 13.9. The van der Waals surface area contributed by atoms with Crippen LogP contribution < -0.4 is 32.0 Å². The van der Waals surface area contributed by atoms with Crippen LogP contribution in [0.3, 0.4) is 0 Å². The van der Waals surface area contributed by atoms with Crippen molar-refractivity contribution in [1.82, 2.24) is 60.5 Å². The molecule has 5 aromatic carbocycles. The van der Waals surface area contributed by atoms with Crippen molar-refractivity contribution in [2.24, 2.45) is 5.10 Å². The first kappa shape index (κ1) is 74.1. The summed E-state index contributed by atoms with van der Waals surface area (Å²) >= 11 is 0. The van der Waals surface area contributed by atoms with E-state index in [-0.39, 0.29) is 104 Å². The normalized spacial score (nSPS) is 14.7. The number of carbonyl (C=O) groups excluding carboxylic acids is 7. The van der Waals surface area contributed by atoms with Gasteiger partial charge in [-0.3, -0.25) is 53.1 Å². The number of aromatic amines is 2. The molecule has 5 heterocycles. The van der Waals surface area contributed by atoms with Crippen molar-refractivity contribution in [3.63, 3.8) is 0 Å². The molecule has 8 aromatic rings. The minimum absolute atomic E-state index is 0.0592. The third kappa shape index (κ3) is 20.3. The van der Waals surface area contributed by atoms with Crippen LogP contribution in [-0.2, 0) is 65.1 Å². The fraction of sp³-hybridized carbons (Fsp3) is 0.347. The van der Waals surface area contributed by atoms with Crippen molar-refractivity contribution in [1.29, 1.82) is 0 Å². The van der Waals surface area contributed by atoms with E-state index in [0.29, 0.717) is 103 Å². The fourth-order valence-corrected chi connectivity index (χ4v) is 13.0. The maximum atomic E-state index is 13.9. The van der Waals surface area contributed by atoms with Crippen molar-refractivity contribution in [2.75, 3.05) is 56.3 Å². The Morgan fingerprint density at radius 3 is 1.63 bits per heavy atom. The standard InChI is InChI=1S/C72H82N16O14S/c1-85(43-62-79-53-18-8-9-19-54(53)80-62)69(96)45-23-26-51-49(35-45)41-87(71(98)58(77-51)37-65(90)91)33-15-5-3-13-31-73-64(89)30-28-57(83-67(94)48-25-29-61(75-39-48)84-76-40-47-17-7-12-22-60(47)103(100,101)102)68(95)74-32-14-4-6-16-34-88-42-50-36-46(24-27-52(50)78-59(72(88)99)38-66(92)93)70(97)86(2)44-63-81-55-20-10-11-21-56(55)82-63/h7-12,17-27,29,35-36,39-40,57-59,77-78H,3-6,13-16,28,30-34,37-38,41-44H2,1-2H3,(H,73,89)(H,74,95)(H,75,84)(H,79,80)(H,81,82)(H,83,94)(H,90,91)(H,92,93)(H,100,101,102)/b76-40+. The molecule has 7 amide bonds. The number of carboxylic acids is 2. The quantitative estimate of drug-likeness (QED) is 0.00845. The highest BCUT2D eigenvalue weighted by atomic mass is 32.2. The number of benzene rings is 5. The van der Waals surface area contributed by atoms with Gasteiger partial charge in [0, 0.05) is 94.0 Å². The molecule has 30 nitrogen and oxygen atoms in total. The number of hydrogen-bond donors (Lipinski definition) is 11. The molecule has 0 radical (unpaired) electrons. The van der Waals surface area contributed by atoms with Gasteiger partial charge in [-0.05, 0) is 122 Å². The predicted octanol–water partition coefficient (Wildman–Crippen LogP) is 6.90. The van der Waals surface area contributed by atoms with Gasteiger partial charge in [-0.1, -0.05) is 68.1 Å². The van der Waals surface area contributed by atoms with Crippen LogP contribution in [-0.4, -0.2) is 186 Å². The third-order valence-corrected chi connectivity index (χ3v) is 18.6. The minimum atomic E-state index is -4.54. The van der Waals surface area contributed by atoms with Crippen LogP contribution >= 0.6 is 0 Å². The van der Waals surface area contributed by atoms with Crippen molar-refractivity contribution in [3.05, 3.63) is 173 Å². The number of nitrogens with zero attached hydrogens (tertiary/aromatic N) is 8. The van der Waals surface area contributed by atoms with E-state index in [9.17, 15) is 66.3 Å². The molecule has 0 bridgehead atoms. The van der Waals surface area contributed by atoms with Crippen molar-refractivity contribution in [3.8, 4) is 0 Å². The number of fused-ring (bicyclic) bond motifs is 4. The van der Waals surface area contributed by atoms with E-state index in [0.717, 1.165) is 22.1 Å². The number of aromatic nitrogens is 5. The van der Waals surface area contributed by atoms with Crippen LogP contribution in [0.5, 0.6) is 0 Å². The molecule has 0 fully saturated rings. The van der Waals surface area contributed by atoms with Crippen LogP contribution in [0.15, 0.2) is 138 Å². The molecule has 540 valence electrons. The van der Waals surface area contributed by atoms with E-state index in [1.54, 1.807) is 66.4 Å². The number of aliphatic carboxylic acids is 2. The number of pyridine rings is 1. The summed E-state index contributed by atoms with van der Waals surface area (Å²) in [6.07, 6.45) is 5.95. The molecular formula is C72H82N16O14S. The Morgan fingerprint density at radius 2 is 1.13 bits per heavy atom. The molecule has 0 saturated heterocycles. The third-order valence-electron chi connectivity index (χ3n) is 17.6. The lowest BCUT2D eigenvalue weighted by molar-refractivity contribution is -0.141. The molecule has 0 aliphatic carbocycles. The van der Waals surface area contributed by atoms with Gasteiger partial charge in [-0.2, -0.15) is 13.5 Å². The largest absolute Gasteiger partial charge is 0.481 e. The lowest BCUT2D eigenvalue weighted by atomic mass is 10.1. The summed E-state index contributed by atoms with van der Waals surface area (Å²) in [5.74, 6) is -3.85. The average Bonchev–Trinajstić information content (AvgIpc) is 1.71. The number of carboxylic acid groups (broad SMARTS) is 2. The first-order chi connectivity index (χ1) is 49.5. The number of unbranched alkanes of at least 4 members (excludes halogenated alkanes) is 6. The average molecular weight is 1430 g/mol. The number of hydrogen-bond acceptors (Lipinski definition) is 18. The summed E-state index contributed by atoms with van der Waals surface area (Å²) in [5, 5.41) is 38.2. The molecule has 11 N–H and O–H groups in total. The van der Waals surface area contributed by atoms with Crippen LogP contribution in [0.4, 0.5) is 17.2 Å². The number of rotatable bonds is 34. The van der Waals surface area contributed by atoms with Crippen molar-refractivity contribution >= 4 is 109 Å². The lowest BCUT2D eigenvalue weighted by Crippen LogP contribution is -2.47. The monoisotopic (exact) mass is 1430 g/mol. The number of para-hydroxylation sites is 4. The molecule has 103 heavy (non-hydrogen) atoms. The molecule has 2 aliphatic rings. The van der Waals surface area contributed by atoms with Crippen LogP contribution in [0.2, 0.25) is 0 Å². The van der Waals surface area contributed by atoms with Gasteiger partial charge in [-0.25, -0.2) is 15.0 Å². The summed E-state index contributed by atoms with van der Waals surface area (Å²) in [4.78, 5) is 146. The first-order valence-corrected chi connectivity index (χ1v) is 35.3. The van der Waals surface area contributed by atoms with Gasteiger partial charge in [-0.15, -0.1) is 0 Å². The van der Waals surface area contributed by atoms with E-state index < -0.39 is 70.7 Å². The Labute approximate surface area is 593 Å². The zero-order valence-corrected chi connectivity index (χ0v) is 57.7. The molecule has 3 atom stereocenters. The fourth-order valence-electron chi connectivity index (χ4n) is 12.3. The number of nitrogens with one attached hydrogen (secondary N) is 8. The Bertz CT molecular complexity index is 4520. The zero-order valence-electron chi connectivity index (χ0n) is 56.9. The molecular weight excluding hydrogens is 1340 g/mol. The molecule has 31 heteroatoms. The summed E-state index contributed by atoms with van der Waals surface area (Å²) in [5.41, 5.74) is 9.20. The number of carbonyl (C=O) groups is 9. The Kier molecular flexibility index (Phi) is 24.9. The predicted molar refractivity (Wildman–Crippen MR) is 382 cm³/mol. The van der Waals surface area contributed by atoms with Gasteiger partial charge in [0.15, 0.2) is 0 Å². The second-order valence-electron chi connectivity index (χ2n) is 25.4. The van der Waals surface area contributed by atoms with Crippen LogP contribution in [0.1, 0.15) is 136 Å². The Balaban J connectivity index is 0.702. The van der Waals surface area contributed by atoms with Gasteiger partial charge in [0.1, 0.15) is 40.5 Å². The number of imidazole rings is 2. The molecule has 2 aliphatic heterocycles. The molecule has 0 spiro atoms. The molecule has 3 unspecified atom stereocenters. The summed E-state index contributed by atoms with van der Waals surface area (Å²) in [6, 6.07) is 30.4. The minimum Gasteiger partial charge on any atom is -0.481 e. The van der Waals surface area contributed by atoms with E-state index in [1.807, 2.05) is 48.5 Å². The smallest absolute Gasteiger partial charge is 0.305 e. The molecule has 10 rings (SSSR count). The highest BCUT2D eigenvalue weighted by molar-refractivity contribution is 7.86. The number of anilines is 3. The van der Waals surface area contributed by atoms with E-state index in [4.69, 9.17) is 0 Å². The van der Waals surface area contributed by atoms with Crippen molar-refractivity contribution < 1.29 is 66.3 Å². The summed E-state index contributed by atoms with van der Waals surface area (Å²) in [6.45, 7) is 1.75. The van der Waals surface area contributed by atoms with Crippen LogP contribution in [0.25, 0.3) is 22.1 Å². The highest BCUT2D eigenvalue weighted by Crippen LogP contribution is 2.30. The number of H-pyrrole nitrogens is 2. The summed E-state index contributed by atoms with van der Waals surface area (Å²) in [7, 11) is -1.20. The van der Waals surface area contributed by atoms with Gasteiger partial charge in [0.2, 0.25) is 23.6 Å². The second kappa shape index (κ2) is 34.7. The number of hydrazone groups is 1. The molecule has 0 saturated carbocycles.